The van der Waals surface area contributed by atoms with Crippen molar-refractivity contribution in [3.05, 3.63) is 25.7 Å². The molecule has 0 aromatic rings. The standard InChI is InChI=1S/C5H8O4/c1-3-6-8-5-9-7-4-2/h3-4H,1-2,5H2. The Morgan fingerprint density at radius 3 is 1.78 bits per heavy atom. The fraction of sp³-hybridized carbons (Fsp3) is 0.200. The van der Waals surface area contributed by atoms with Crippen LogP contribution in [0, 0.1) is 0 Å². The molecule has 0 radical (unpaired) electrons. The van der Waals surface area contributed by atoms with Gasteiger partial charge in [-0.3, -0.25) is 0 Å². The zero-order valence-corrected chi connectivity index (χ0v) is 4.91. The molecule has 0 unspecified atom stereocenters. The molecule has 52 valence electrons. The molecule has 0 heterocycles. The number of hydrogen-bond acceptors (Lipinski definition) is 4. The van der Waals surface area contributed by atoms with Crippen molar-refractivity contribution >= 4 is 0 Å². The summed E-state index contributed by atoms with van der Waals surface area (Å²) in [4.78, 5) is 17.0. The minimum Gasteiger partial charge on any atom is -0.344 e. The van der Waals surface area contributed by atoms with Gasteiger partial charge >= 0.3 is 0 Å². The summed E-state index contributed by atoms with van der Waals surface area (Å²) in [5, 5.41) is 0. The largest absolute Gasteiger partial charge is 0.344 e. The summed E-state index contributed by atoms with van der Waals surface area (Å²) in [5.74, 6) is 0. The zero-order valence-electron chi connectivity index (χ0n) is 4.91. The molecule has 4 heteroatoms. The van der Waals surface area contributed by atoms with E-state index < -0.39 is 0 Å². The molecule has 0 aliphatic carbocycles. The van der Waals surface area contributed by atoms with Crippen molar-refractivity contribution in [2.45, 2.75) is 0 Å². The maximum Gasteiger partial charge on any atom is 0.237 e. The van der Waals surface area contributed by atoms with Crippen LogP contribution in [-0.4, -0.2) is 6.79 Å². The highest BCUT2D eigenvalue weighted by Gasteiger charge is 1.81. The second-order valence-electron chi connectivity index (χ2n) is 0.879. The molecule has 0 N–H and O–H groups in total. The molecular weight excluding hydrogens is 124 g/mol. The van der Waals surface area contributed by atoms with E-state index in [0.29, 0.717) is 0 Å². The summed E-state index contributed by atoms with van der Waals surface area (Å²) >= 11 is 0. The lowest BCUT2D eigenvalue weighted by Crippen LogP contribution is -1.95. The zero-order chi connectivity index (χ0) is 6.95. The lowest BCUT2D eigenvalue weighted by Gasteiger charge is -1.98. The second-order valence-corrected chi connectivity index (χ2v) is 0.879. The molecule has 0 aliphatic heterocycles. The fourth-order valence-electron chi connectivity index (χ4n) is 0.171. The lowest BCUT2D eigenvalue weighted by atomic mass is 11.2. The Hall–Kier alpha value is -1.00. The molecule has 0 fully saturated rings. The monoisotopic (exact) mass is 132 g/mol. The van der Waals surface area contributed by atoms with Crippen molar-refractivity contribution in [3.8, 4) is 0 Å². The van der Waals surface area contributed by atoms with E-state index in [4.69, 9.17) is 0 Å². The fourth-order valence-corrected chi connectivity index (χ4v) is 0.171. The highest BCUT2D eigenvalue weighted by Crippen LogP contribution is 1.81. The van der Waals surface area contributed by atoms with E-state index in [0.717, 1.165) is 12.5 Å². The van der Waals surface area contributed by atoms with E-state index in [1.54, 1.807) is 0 Å². The van der Waals surface area contributed by atoms with E-state index in [2.05, 4.69) is 32.7 Å². The molecule has 0 aromatic heterocycles. The maximum atomic E-state index is 4.27. The van der Waals surface area contributed by atoms with Gasteiger partial charge in [-0.25, -0.2) is 0 Å². The van der Waals surface area contributed by atoms with Gasteiger partial charge in [0, 0.05) is 0 Å². The highest BCUT2D eigenvalue weighted by atomic mass is 17.3. The quantitative estimate of drug-likeness (QED) is 0.178. The Morgan fingerprint density at radius 2 is 1.44 bits per heavy atom. The first-order valence-electron chi connectivity index (χ1n) is 2.20. The van der Waals surface area contributed by atoms with Crippen LogP contribution in [0.15, 0.2) is 25.7 Å². The molecule has 0 aliphatic rings. The average molecular weight is 132 g/mol. The van der Waals surface area contributed by atoms with Gasteiger partial charge in [0.15, 0.2) is 0 Å². The SMILES string of the molecule is C=COOCOOC=C. The van der Waals surface area contributed by atoms with Gasteiger partial charge in [-0.15, -0.1) is 0 Å². The Labute approximate surface area is 53.1 Å². The average Bonchev–Trinajstić information content (AvgIpc) is 1.89. The molecular formula is C5H8O4. The summed E-state index contributed by atoms with van der Waals surface area (Å²) in [6.45, 7) is 6.30. The van der Waals surface area contributed by atoms with E-state index in [1.807, 2.05) is 0 Å². The van der Waals surface area contributed by atoms with E-state index in [9.17, 15) is 0 Å². The Kier molecular flexibility index (Phi) is 6.22. The molecule has 0 spiro atoms. The van der Waals surface area contributed by atoms with Gasteiger partial charge < -0.3 is 9.78 Å². The van der Waals surface area contributed by atoms with Crippen molar-refractivity contribution in [3.63, 3.8) is 0 Å². The van der Waals surface area contributed by atoms with Crippen LogP contribution in [0.25, 0.3) is 0 Å². The molecule has 0 bridgehead atoms. The van der Waals surface area contributed by atoms with E-state index >= 15 is 0 Å². The molecule has 0 atom stereocenters. The molecule has 0 saturated carbocycles. The first-order valence-corrected chi connectivity index (χ1v) is 2.20. The van der Waals surface area contributed by atoms with Gasteiger partial charge in [0.25, 0.3) is 0 Å². The summed E-state index contributed by atoms with van der Waals surface area (Å²) in [7, 11) is 0. The van der Waals surface area contributed by atoms with Gasteiger partial charge in [-0.1, -0.05) is 13.2 Å². The summed E-state index contributed by atoms with van der Waals surface area (Å²) in [6, 6.07) is 0. The first kappa shape index (κ1) is 8.00. The molecule has 9 heavy (non-hydrogen) atoms. The van der Waals surface area contributed by atoms with Crippen LogP contribution in [0.2, 0.25) is 0 Å². The van der Waals surface area contributed by atoms with Crippen LogP contribution >= 0.6 is 0 Å². The third kappa shape index (κ3) is 7.00. The third-order valence-electron chi connectivity index (χ3n) is 0.368. The van der Waals surface area contributed by atoms with Crippen LogP contribution in [0.4, 0.5) is 0 Å². The number of hydrogen-bond donors (Lipinski definition) is 0. The Balaban J connectivity index is 2.74. The van der Waals surface area contributed by atoms with Gasteiger partial charge in [-0.05, 0) is 0 Å². The summed E-state index contributed by atoms with van der Waals surface area (Å²) in [5.41, 5.74) is 0. The van der Waals surface area contributed by atoms with Crippen molar-refractivity contribution < 1.29 is 19.6 Å². The highest BCUT2D eigenvalue weighted by molar-refractivity contribution is 4.42. The molecule has 0 aromatic carbocycles. The normalized spacial score (nSPS) is 8.00. The van der Waals surface area contributed by atoms with Gasteiger partial charge in [-0.2, -0.15) is 9.78 Å². The van der Waals surface area contributed by atoms with Crippen molar-refractivity contribution in [1.29, 1.82) is 0 Å². The van der Waals surface area contributed by atoms with Crippen LogP contribution in [0.1, 0.15) is 0 Å². The van der Waals surface area contributed by atoms with Crippen LogP contribution in [0.5, 0.6) is 0 Å². The second kappa shape index (κ2) is 7.00. The minimum absolute atomic E-state index is 0.127. The van der Waals surface area contributed by atoms with E-state index in [-0.39, 0.29) is 6.79 Å². The summed E-state index contributed by atoms with van der Waals surface area (Å²) < 4.78 is 0. The third-order valence-corrected chi connectivity index (χ3v) is 0.368. The van der Waals surface area contributed by atoms with Crippen molar-refractivity contribution in [2.24, 2.45) is 0 Å². The van der Waals surface area contributed by atoms with Crippen LogP contribution in [-0.2, 0) is 19.6 Å². The predicted molar refractivity (Wildman–Crippen MR) is 29.6 cm³/mol. The Bertz CT molecular complexity index is 71.0. The van der Waals surface area contributed by atoms with Crippen LogP contribution in [0.3, 0.4) is 0 Å². The van der Waals surface area contributed by atoms with Crippen LogP contribution < -0.4 is 0 Å². The maximum absolute atomic E-state index is 4.27. The minimum atomic E-state index is -0.127. The topological polar surface area (TPSA) is 36.9 Å². The first-order chi connectivity index (χ1) is 4.41. The lowest BCUT2D eigenvalue weighted by molar-refractivity contribution is -0.383. The molecule has 0 rings (SSSR count). The number of rotatable bonds is 6. The van der Waals surface area contributed by atoms with Crippen molar-refractivity contribution in [1.82, 2.24) is 0 Å². The molecule has 0 saturated heterocycles. The Morgan fingerprint density at radius 1 is 1.00 bits per heavy atom. The predicted octanol–water partition coefficient (Wildman–Crippen LogP) is 1.13. The smallest absolute Gasteiger partial charge is 0.237 e. The van der Waals surface area contributed by atoms with Crippen molar-refractivity contribution in [2.75, 3.05) is 6.79 Å². The molecule has 4 nitrogen and oxygen atoms in total. The van der Waals surface area contributed by atoms with E-state index in [1.165, 1.54) is 0 Å². The van der Waals surface area contributed by atoms with Gasteiger partial charge in [0.05, 0.1) is 0 Å². The van der Waals surface area contributed by atoms with Gasteiger partial charge in [0.2, 0.25) is 6.79 Å². The molecule has 0 amide bonds. The van der Waals surface area contributed by atoms with Gasteiger partial charge in [0.1, 0.15) is 12.5 Å². The summed E-state index contributed by atoms with van der Waals surface area (Å²) in [6.07, 6.45) is 2.24.